The van der Waals surface area contributed by atoms with E-state index in [1.54, 1.807) is 14.0 Å². The minimum atomic E-state index is -0.359. The van der Waals surface area contributed by atoms with Crippen LogP contribution in [0.25, 0.3) is 0 Å². The fourth-order valence-corrected chi connectivity index (χ4v) is 2.27. The molecule has 0 aliphatic heterocycles. The molecule has 0 unspecified atom stereocenters. The number of aryl methyl sites for hydroxylation is 2. The molecule has 1 N–H and O–H groups in total. The second-order valence-electron chi connectivity index (χ2n) is 3.89. The fourth-order valence-electron chi connectivity index (χ4n) is 1.74. The summed E-state index contributed by atoms with van der Waals surface area (Å²) in [6, 6.07) is 4.54. The number of aromatic nitrogens is 2. The summed E-state index contributed by atoms with van der Waals surface area (Å²) < 4.78 is 1.24. The Morgan fingerprint density at radius 1 is 1.28 bits per heavy atom. The number of halogens is 2. The van der Waals surface area contributed by atoms with Crippen molar-refractivity contribution in [1.82, 2.24) is 9.78 Å². The van der Waals surface area contributed by atoms with Crippen LogP contribution >= 0.6 is 23.2 Å². The number of ketones is 1. The maximum atomic E-state index is 12.3. The van der Waals surface area contributed by atoms with E-state index in [1.807, 2.05) is 0 Å². The molecule has 4 nitrogen and oxygen atoms in total. The molecule has 0 atom stereocenters. The summed E-state index contributed by atoms with van der Waals surface area (Å²) in [5.74, 6) is -0.531. The number of hydrogen-bond donors (Lipinski definition) is 1. The predicted molar refractivity (Wildman–Crippen MR) is 69.5 cm³/mol. The van der Waals surface area contributed by atoms with Crippen LogP contribution in [0.15, 0.2) is 18.2 Å². The van der Waals surface area contributed by atoms with Crippen LogP contribution in [0.1, 0.15) is 21.6 Å². The highest BCUT2D eigenvalue weighted by Crippen LogP contribution is 2.26. The first-order chi connectivity index (χ1) is 8.40. The summed E-state index contributed by atoms with van der Waals surface area (Å²) in [7, 11) is 1.56. The van der Waals surface area contributed by atoms with Crippen LogP contribution < -0.4 is 0 Å². The predicted octanol–water partition coefficient (Wildman–Crippen LogP) is 2.97. The van der Waals surface area contributed by atoms with Gasteiger partial charge in [-0.3, -0.25) is 4.79 Å². The molecule has 94 valence electrons. The third-order valence-electron chi connectivity index (χ3n) is 2.54. The molecule has 0 saturated carbocycles. The zero-order chi connectivity index (χ0) is 13.4. The van der Waals surface area contributed by atoms with Gasteiger partial charge in [0, 0.05) is 22.7 Å². The van der Waals surface area contributed by atoms with Crippen LogP contribution in [-0.2, 0) is 7.05 Å². The summed E-state index contributed by atoms with van der Waals surface area (Å²) in [5.41, 5.74) is 0.936. The van der Waals surface area contributed by atoms with Crippen molar-refractivity contribution in [2.24, 2.45) is 7.05 Å². The van der Waals surface area contributed by atoms with E-state index in [0.717, 1.165) is 0 Å². The Bertz CT molecular complexity index is 615. The molecule has 18 heavy (non-hydrogen) atoms. The molecule has 2 aromatic rings. The highest BCUT2D eigenvalue weighted by atomic mass is 35.5. The largest absolute Gasteiger partial charge is 0.493 e. The van der Waals surface area contributed by atoms with Crippen molar-refractivity contribution >= 4 is 29.0 Å². The summed E-state index contributed by atoms with van der Waals surface area (Å²) in [6.45, 7) is 1.65. The molecular formula is C12H10Cl2N2O2. The van der Waals surface area contributed by atoms with Crippen LogP contribution in [0, 0.1) is 6.92 Å². The minimum absolute atomic E-state index is 0.163. The number of rotatable bonds is 2. The van der Waals surface area contributed by atoms with Gasteiger partial charge in [0.1, 0.15) is 5.56 Å². The Morgan fingerprint density at radius 2 is 1.83 bits per heavy atom. The standard InChI is InChI=1S/C12H10Cl2N2O2/c1-6-10(12(18)16(2)15-6)11(17)7-3-8(13)5-9(14)4-7/h3-5,18H,1-2H3. The van der Waals surface area contributed by atoms with Crippen molar-refractivity contribution in [2.45, 2.75) is 6.92 Å². The van der Waals surface area contributed by atoms with E-state index < -0.39 is 0 Å². The first kappa shape index (κ1) is 12.9. The van der Waals surface area contributed by atoms with Crippen molar-refractivity contribution in [1.29, 1.82) is 0 Å². The van der Waals surface area contributed by atoms with E-state index in [-0.39, 0.29) is 17.2 Å². The van der Waals surface area contributed by atoms with Crippen LogP contribution in [0.2, 0.25) is 10.0 Å². The number of hydrogen-bond acceptors (Lipinski definition) is 3. The number of nitrogens with zero attached hydrogens (tertiary/aromatic N) is 2. The topological polar surface area (TPSA) is 55.1 Å². The van der Waals surface area contributed by atoms with Gasteiger partial charge in [-0.05, 0) is 25.1 Å². The van der Waals surface area contributed by atoms with Gasteiger partial charge in [-0.15, -0.1) is 0 Å². The molecule has 0 radical (unpaired) electrons. The van der Waals surface area contributed by atoms with Crippen LogP contribution in [0.5, 0.6) is 5.88 Å². The van der Waals surface area contributed by atoms with Crippen molar-refractivity contribution in [3.05, 3.63) is 45.1 Å². The van der Waals surface area contributed by atoms with Crippen LogP contribution in [-0.4, -0.2) is 20.7 Å². The second-order valence-corrected chi connectivity index (χ2v) is 4.77. The molecule has 0 aliphatic rings. The third kappa shape index (κ3) is 2.21. The Morgan fingerprint density at radius 3 is 2.28 bits per heavy atom. The van der Waals surface area contributed by atoms with Gasteiger partial charge in [0.05, 0.1) is 5.69 Å². The van der Waals surface area contributed by atoms with E-state index in [1.165, 1.54) is 22.9 Å². The quantitative estimate of drug-likeness (QED) is 0.863. The van der Waals surface area contributed by atoms with Gasteiger partial charge in [0.15, 0.2) is 5.78 Å². The summed E-state index contributed by atoms with van der Waals surface area (Å²) >= 11 is 11.7. The van der Waals surface area contributed by atoms with Crippen molar-refractivity contribution in [2.75, 3.05) is 0 Å². The zero-order valence-corrected chi connectivity index (χ0v) is 11.2. The third-order valence-corrected chi connectivity index (χ3v) is 2.98. The molecule has 0 bridgehead atoms. The SMILES string of the molecule is Cc1nn(C)c(O)c1C(=O)c1cc(Cl)cc(Cl)c1. The smallest absolute Gasteiger partial charge is 0.220 e. The highest BCUT2D eigenvalue weighted by Gasteiger charge is 2.21. The summed E-state index contributed by atoms with van der Waals surface area (Å²) in [5, 5.41) is 14.5. The highest BCUT2D eigenvalue weighted by molar-refractivity contribution is 6.35. The van der Waals surface area contributed by atoms with Crippen LogP contribution in [0.4, 0.5) is 0 Å². The normalized spacial score (nSPS) is 10.7. The molecule has 0 fully saturated rings. The van der Waals surface area contributed by atoms with Gasteiger partial charge < -0.3 is 5.11 Å². The number of carbonyl (C=O) groups excluding carboxylic acids is 1. The Hall–Kier alpha value is -1.52. The van der Waals surface area contributed by atoms with Gasteiger partial charge in [-0.1, -0.05) is 23.2 Å². The van der Waals surface area contributed by atoms with Crippen molar-refractivity contribution in [3.8, 4) is 5.88 Å². The van der Waals surface area contributed by atoms with E-state index >= 15 is 0 Å². The first-order valence-corrected chi connectivity index (χ1v) is 5.89. The van der Waals surface area contributed by atoms with Crippen molar-refractivity contribution in [3.63, 3.8) is 0 Å². The second kappa shape index (κ2) is 4.63. The molecule has 1 aromatic carbocycles. The zero-order valence-electron chi connectivity index (χ0n) is 9.74. The number of benzene rings is 1. The van der Waals surface area contributed by atoms with E-state index in [9.17, 15) is 9.90 Å². The fraction of sp³-hybridized carbons (Fsp3) is 0.167. The Balaban J connectivity index is 2.54. The Kier molecular flexibility index (Phi) is 3.32. The summed E-state index contributed by atoms with van der Waals surface area (Å²) in [4.78, 5) is 12.3. The molecule has 0 aliphatic carbocycles. The lowest BCUT2D eigenvalue weighted by Gasteiger charge is -2.02. The number of aromatic hydroxyl groups is 1. The lowest BCUT2D eigenvalue weighted by molar-refractivity contribution is 0.103. The van der Waals surface area contributed by atoms with Crippen LogP contribution in [0.3, 0.4) is 0 Å². The lowest BCUT2D eigenvalue weighted by Crippen LogP contribution is -2.02. The maximum absolute atomic E-state index is 12.3. The van der Waals surface area contributed by atoms with E-state index in [0.29, 0.717) is 21.3 Å². The minimum Gasteiger partial charge on any atom is -0.493 e. The number of carbonyl (C=O) groups is 1. The van der Waals surface area contributed by atoms with E-state index in [2.05, 4.69) is 5.10 Å². The molecule has 1 aromatic heterocycles. The Labute approximate surface area is 114 Å². The average Bonchev–Trinajstić information content (AvgIpc) is 2.51. The van der Waals surface area contributed by atoms with Gasteiger partial charge in [-0.25, -0.2) is 4.68 Å². The summed E-state index contributed by atoms with van der Waals surface area (Å²) in [6.07, 6.45) is 0. The molecule has 1 heterocycles. The average molecular weight is 285 g/mol. The maximum Gasteiger partial charge on any atom is 0.220 e. The van der Waals surface area contributed by atoms with E-state index in [4.69, 9.17) is 23.2 Å². The molecule has 6 heteroatoms. The van der Waals surface area contributed by atoms with Gasteiger partial charge in [-0.2, -0.15) is 5.10 Å². The lowest BCUT2D eigenvalue weighted by atomic mass is 10.0. The molecule has 0 spiro atoms. The molecule has 2 rings (SSSR count). The first-order valence-electron chi connectivity index (χ1n) is 5.13. The van der Waals surface area contributed by atoms with Gasteiger partial charge in [0.25, 0.3) is 0 Å². The van der Waals surface area contributed by atoms with Gasteiger partial charge >= 0.3 is 0 Å². The molecule has 0 saturated heterocycles. The monoisotopic (exact) mass is 284 g/mol. The van der Waals surface area contributed by atoms with Crippen molar-refractivity contribution < 1.29 is 9.90 Å². The van der Waals surface area contributed by atoms with Gasteiger partial charge in [0.2, 0.25) is 5.88 Å². The molecule has 0 amide bonds. The molecular weight excluding hydrogens is 275 g/mol.